The fraction of sp³-hybridized carbons (Fsp3) is 0.277. The van der Waals surface area contributed by atoms with Crippen molar-refractivity contribution in [2.24, 2.45) is 11.8 Å². The van der Waals surface area contributed by atoms with Crippen LogP contribution >= 0.6 is 0 Å². The summed E-state index contributed by atoms with van der Waals surface area (Å²) in [6.07, 6.45) is 14.1. The van der Waals surface area contributed by atoms with Crippen molar-refractivity contribution in [3.63, 3.8) is 0 Å². The maximum Gasteiger partial charge on any atom is 0.159 e. The molecule has 0 spiro atoms. The highest BCUT2D eigenvalue weighted by Crippen LogP contribution is 2.59. The first-order valence-electron chi connectivity index (χ1n) is 18.4. The van der Waals surface area contributed by atoms with E-state index in [1.165, 1.54) is 66.5 Å². The molecule has 0 bridgehead atoms. The number of hydrogen-bond donors (Lipinski definition) is 0. The summed E-state index contributed by atoms with van der Waals surface area (Å²) in [5.41, 5.74) is 14.0. The second kappa shape index (κ2) is 10.5. The Kier molecular flexibility index (Phi) is 6.27. The Morgan fingerprint density at radius 2 is 1.64 bits per heavy atom. The van der Waals surface area contributed by atoms with E-state index in [1.54, 1.807) is 0 Å². The molecule has 0 saturated carbocycles. The van der Waals surface area contributed by atoms with Gasteiger partial charge in [0.05, 0.1) is 11.4 Å². The molecule has 2 unspecified atom stereocenters. The van der Waals surface area contributed by atoms with Crippen molar-refractivity contribution in [1.29, 1.82) is 0 Å². The van der Waals surface area contributed by atoms with E-state index in [9.17, 15) is 0 Å². The van der Waals surface area contributed by atoms with Crippen LogP contribution in [0.2, 0.25) is 0 Å². The van der Waals surface area contributed by atoms with Gasteiger partial charge in [-0.2, -0.15) is 0 Å². The van der Waals surface area contributed by atoms with Crippen LogP contribution in [0, 0.1) is 11.8 Å². The molecule has 3 heteroatoms. The van der Waals surface area contributed by atoms with Crippen molar-refractivity contribution in [3.8, 4) is 22.5 Å². The third-order valence-corrected chi connectivity index (χ3v) is 12.7. The molecule has 4 aliphatic carbocycles. The van der Waals surface area contributed by atoms with Gasteiger partial charge in [0, 0.05) is 45.2 Å². The van der Waals surface area contributed by atoms with Gasteiger partial charge < -0.3 is 4.42 Å². The zero-order valence-corrected chi connectivity index (χ0v) is 29.5. The molecule has 2 heterocycles. The van der Waals surface area contributed by atoms with E-state index in [2.05, 4.69) is 144 Å². The minimum absolute atomic E-state index is 0.0533. The average Bonchev–Trinajstić information content (AvgIpc) is 3.76. The molecule has 3 nitrogen and oxygen atoms in total. The topological polar surface area (TPSA) is 38.9 Å². The first-order valence-corrected chi connectivity index (χ1v) is 18.4. The zero-order chi connectivity index (χ0) is 33.9. The monoisotopic (exact) mass is 650 g/mol. The minimum atomic E-state index is -0.0950. The third kappa shape index (κ3) is 3.87. The molecule has 4 aromatic carbocycles. The lowest BCUT2D eigenvalue weighted by atomic mass is 9.63. The van der Waals surface area contributed by atoms with Crippen LogP contribution in [0.1, 0.15) is 86.4 Å². The van der Waals surface area contributed by atoms with E-state index in [1.807, 2.05) is 0 Å². The molecule has 10 rings (SSSR count). The summed E-state index contributed by atoms with van der Waals surface area (Å²) in [5.74, 6) is 2.81. The van der Waals surface area contributed by atoms with Crippen LogP contribution in [0.5, 0.6) is 0 Å². The molecule has 0 saturated heterocycles. The number of aromatic nitrogens is 2. The largest absolute Gasteiger partial charge is 0.456 e. The summed E-state index contributed by atoms with van der Waals surface area (Å²) >= 11 is 0. The number of benzene rings is 4. The van der Waals surface area contributed by atoms with Crippen molar-refractivity contribution in [2.45, 2.75) is 70.6 Å². The number of hydrogen-bond acceptors (Lipinski definition) is 3. The number of furan rings is 1. The van der Waals surface area contributed by atoms with Gasteiger partial charge in [-0.1, -0.05) is 131 Å². The Bertz CT molecular complexity index is 2500. The first-order chi connectivity index (χ1) is 24.3. The molecule has 0 N–H and O–H groups in total. The number of nitrogens with zero attached hydrogens (tertiary/aromatic N) is 2. The van der Waals surface area contributed by atoms with Gasteiger partial charge in [-0.05, 0) is 75.9 Å². The standard InChI is InChI=1S/C47H42N2O/c1-27(2)47(28(3)4)36-16-9-8-15-34(36)41-37(47)20-22-40-42(41)35-25-31(19-21-39(35)50-40)44-43-38(26-33-14-10-11-23-46(33,43)5)48-45(49-44)32-18-17-29-12-6-7-13-30(29)24-32/h6-22,24,27-28,31H,23,25-26H2,1-5H3. The summed E-state index contributed by atoms with van der Waals surface area (Å²) in [7, 11) is 0. The van der Waals surface area contributed by atoms with Crippen LogP contribution in [0.3, 0.4) is 0 Å². The maximum absolute atomic E-state index is 6.70. The van der Waals surface area contributed by atoms with Gasteiger partial charge in [-0.25, -0.2) is 9.97 Å². The molecule has 4 aliphatic rings. The van der Waals surface area contributed by atoms with Gasteiger partial charge in [-0.3, -0.25) is 0 Å². The fourth-order valence-corrected chi connectivity index (χ4v) is 10.5. The molecular formula is C47H42N2O. The molecule has 50 heavy (non-hydrogen) atoms. The summed E-state index contributed by atoms with van der Waals surface area (Å²) < 4.78 is 6.70. The molecule has 0 aliphatic heterocycles. The molecule has 246 valence electrons. The van der Waals surface area contributed by atoms with E-state index in [-0.39, 0.29) is 16.7 Å². The van der Waals surface area contributed by atoms with Crippen molar-refractivity contribution >= 4 is 27.8 Å². The molecule has 2 atom stereocenters. The van der Waals surface area contributed by atoms with Gasteiger partial charge >= 0.3 is 0 Å². The Hall–Kier alpha value is -5.02. The van der Waals surface area contributed by atoms with Gasteiger partial charge in [0.15, 0.2) is 5.82 Å². The lowest BCUT2D eigenvalue weighted by Crippen LogP contribution is -2.37. The van der Waals surface area contributed by atoms with Crippen LogP contribution in [0.4, 0.5) is 0 Å². The lowest BCUT2D eigenvalue weighted by Gasteiger charge is -2.40. The van der Waals surface area contributed by atoms with E-state index < -0.39 is 0 Å². The van der Waals surface area contributed by atoms with E-state index >= 15 is 0 Å². The number of allylic oxidation sites excluding steroid dienone is 5. The molecule has 0 amide bonds. The van der Waals surface area contributed by atoms with Gasteiger partial charge in [0.2, 0.25) is 0 Å². The quantitative estimate of drug-likeness (QED) is 0.191. The Balaban J connectivity index is 1.17. The van der Waals surface area contributed by atoms with E-state index in [0.29, 0.717) is 11.8 Å². The first kappa shape index (κ1) is 29.9. The Morgan fingerprint density at radius 3 is 2.48 bits per heavy atom. The number of rotatable bonds is 4. The van der Waals surface area contributed by atoms with Gasteiger partial charge in [0.25, 0.3) is 0 Å². The van der Waals surface area contributed by atoms with Crippen molar-refractivity contribution in [1.82, 2.24) is 9.97 Å². The SMILES string of the molecule is CC(C)C1(C(C)C)c2ccccc2-c2c1ccc1oc3c(c21)CC(c1nc(-c2ccc4ccccc4c2)nc2c1C1(C)CC=CC=C1C2)C=C3. The minimum Gasteiger partial charge on any atom is -0.456 e. The molecular weight excluding hydrogens is 609 g/mol. The van der Waals surface area contributed by atoms with Crippen LogP contribution in [0.15, 0.2) is 113 Å². The number of fused-ring (bicyclic) bond motifs is 11. The summed E-state index contributed by atoms with van der Waals surface area (Å²) in [6.45, 7) is 12.0. The molecule has 0 fully saturated rings. The van der Waals surface area contributed by atoms with Crippen molar-refractivity contribution < 1.29 is 4.42 Å². The van der Waals surface area contributed by atoms with Crippen LogP contribution in [0.25, 0.3) is 50.3 Å². The second-order valence-electron chi connectivity index (χ2n) is 15.8. The Labute approximate surface area is 294 Å². The lowest BCUT2D eigenvalue weighted by molar-refractivity contribution is 0.280. The second-order valence-corrected chi connectivity index (χ2v) is 15.8. The van der Waals surface area contributed by atoms with Crippen molar-refractivity contribution in [2.75, 3.05) is 0 Å². The Morgan fingerprint density at radius 1 is 0.840 bits per heavy atom. The molecule has 0 radical (unpaired) electrons. The van der Waals surface area contributed by atoms with Gasteiger partial charge in [0.1, 0.15) is 11.3 Å². The van der Waals surface area contributed by atoms with E-state index in [0.717, 1.165) is 42.0 Å². The average molecular weight is 651 g/mol. The van der Waals surface area contributed by atoms with Crippen molar-refractivity contribution in [3.05, 3.63) is 148 Å². The highest BCUT2D eigenvalue weighted by Gasteiger charge is 2.49. The van der Waals surface area contributed by atoms with Gasteiger partial charge in [-0.15, -0.1) is 0 Å². The summed E-state index contributed by atoms with van der Waals surface area (Å²) in [4.78, 5) is 10.9. The highest BCUT2D eigenvalue weighted by atomic mass is 16.3. The van der Waals surface area contributed by atoms with E-state index in [4.69, 9.17) is 14.4 Å². The van der Waals surface area contributed by atoms with Crippen LogP contribution in [-0.4, -0.2) is 9.97 Å². The fourth-order valence-electron chi connectivity index (χ4n) is 10.5. The smallest absolute Gasteiger partial charge is 0.159 e. The summed E-state index contributed by atoms with van der Waals surface area (Å²) in [5, 5.41) is 3.73. The predicted octanol–water partition coefficient (Wildman–Crippen LogP) is 11.7. The third-order valence-electron chi connectivity index (χ3n) is 12.7. The normalized spacial score (nSPS) is 21.0. The molecule has 2 aromatic heterocycles. The predicted molar refractivity (Wildman–Crippen MR) is 205 cm³/mol. The van der Waals surface area contributed by atoms with Crippen LogP contribution < -0.4 is 0 Å². The molecule has 6 aromatic rings. The maximum atomic E-state index is 6.70. The summed E-state index contributed by atoms with van der Waals surface area (Å²) in [6, 6.07) is 28.9. The zero-order valence-electron chi connectivity index (χ0n) is 29.5. The van der Waals surface area contributed by atoms with Crippen LogP contribution in [-0.2, 0) is 23.7 Å². The highest BCUT2D eigenvalue weighted by molar-refractivity contribution is 6.04.